The molecule has 0 spiro atoms. The number of imide groups is 1. The van der Waals surface area contributed by atoms with Crippen LogP contribution in [0.4, 0.5) is 0 Å². The van der Waals surface area contributed by atoms with Gasteiger partial charge in [-0.2, -0.15) is 0 Å². The Hall–Kier alpha value is -2.50. The van der Waals surface area contributed by atoms with Gasteiger partial charge in [-0.15, -0.1) is 0 Å². The molecule has 1 heterocycles. The zero-order valence-corrected chi connectivity index (χ0v) is 13.5. The summed E-state index contributed by atoms with van der Waals surface area (Å²) < 4.78 is 0. The van der Waals surface area contributed by atoms with Gasteiger partial charge in [0, 0.05) is 19.5 Å². The van der Waals surface area contributed by atoms with E-state index in [9.17, 15) is 19.2 Å². The zero-order chi connectivity index (χ0) is 17.2. The molecule has 1 N–H and O–H groups in total. The number of amides is 3. The minimum atomic E-state index is -1.11. The summed E-state index contributed by atoms with van der Waals surface area (Å²) >= 11 is 0. The van der Waals surface area contributed by atoms with Gasteiger partial charge in [0.25, 0.3) is 11.8 Å². The van der Waals surface area contributed by atoms with Crippen LogP contribution >= 0.6 is 0 Å². The number of fused-ring (bicyclic) bond motifs is 1. The van der Waals surface area contributed by atoms with E-state index < -0.39 is 11.3 Å². The number of carbonyl (C=O) groups excluding carboxylic acids is 4. The summed E-state index contributed by atoms with van der Waals surface area (Å²) in [6.07, 6.45) is 0.277. The number of carbonyl (C=O) groups is 4. The van der Waals surface area contributed by atoms with Gasteiger partial charge in [0.1, 0.15) is 11.2 Å². The maximum absolute atomic E-state index is 12.2. The fraction of sp³-hybridized carbons (Fsp3) is 0.412. The van der Waals surface area contributed by atoms with Crippen LogP contribution in [0.5, 0.6) is 0 Å². The summed E-state index contributed by atoms with van der Waals surface area (Å²) in [5, 5.41) is 2.63. The highest BCUT2D eigenvalue weighted by Gasteiger charge is 2.36. The van der Waals surface area contributed by atoms with E-state index in [1.807, 2.05) is 0 Å². The van der Waals surface area contributed by atoms with Crippen molar-refractivity contribution < 1.29 is 19.2 Å². The monoisotopic (exact) mass is 316 g/mol. The molecule has 2 rings (SSSR count). The van der Waals surface area contributed by atoms with Crippen molar-refractivity contribution >= 4 is 23.5 Å². The highest BCUT2D eigenvalue weighted by atomic mass is 16.2. The molecule has 1 aliphatic heterocycles. The minimum absolute atomic E-state index is 0.0779. The third kappa shape index (κ3) is 3.02. The third-order valence-corrected chi connectivity index (χ3v) is 4.09. The second-order valence-electron chi connectivity index (χ2n) is 5.97. The number of hydrogen-bond acceptors (Lipinski definition) is 4. The molecule has 0 bridgehead atoms. The van der Waals surface area contributed by atoms with Crippen molar-refractivity contribution in [3.05, 3.63) is 35.4 Å². The molecule has 3 amide bonds. The average molecular weight is 316 g/mol. The molecule has 0 saturated heterocycles. The molecule has 122 valence electrons. The molecule has 1 aromatic rings. The first-order valence-corrected chi connectivity index (χ1v) is 7.57. The van der Waals surface area contributed by atoms with Crippen LogP contribution in [-0.2, 0) is 9.59 Å². The Balaban J connectivity index is 1.96. The largest absolute Gasteiger partial charge is 0.353 e. The Morgan fingerprint density at radius 3 is 2.09 bits per heavy atom. The molecular weight excluding hydrogens is 296 g/mol. The molecule has 0 aromatic heterocycles. The molecule has 6 nitrogen and oxygen atoms in total. The molecule has 0 atom stereocenters. The maximum Gasteiger partial charge on any atom is 0.261 e. The van der Waals surface area contributed by atoms with Gasteiger partial charge in [-0.05, 0) is 26.0 Å². The smallest absolute Gasteiger partial charge is 0.261 e. The van der Waals surface area contributed by atoms with E-state index in [2.05, 4.69) is 5.32 Å². The summed E-state index contributed by atoms with van der Waals surface area (Å²) in [5.41, 5.74) is -0.354. The number of benzene rings is 1. The lowest BCUT2D eigenvalue weighted by atomic mass is 9.85. The molecule has 6 heteroatoms. The number of hydrogen-bond donors (Lipinski definition) is 1. The van der Waals surface area contributed by atoms with E-state index in [1.165, 1.54) is 0 Å². The standard InChI is InChI=1S/C17H20N2O4/c1-4-13(20)17(2,3)16(23)18-9-10-19-14(21)11-7-5-6-8-12(11)15(19)22/h5-8H,4,9-10H2,1-3H3,(H,18,23). The molecule has 0 unspecified atom stereocenters. The topological polar surface area (TPSA) is 83.6 Å². The number of nitrogens with zero attached hydrogens (tertiary/aromatic N) is 1. The molecular formula is C17H20N2O4. The predicted octanol–water partition coefficient (Wildman–Crippen LogP) is 1.40. The van der Waals surface area contributed by atoms with E-state index >= 15 is 0 Å². The van der Waals surface area contributed by atoms with Crippen molar-refractivity contribution in [3.63, 3.8) is 0 Å². The summed E-state index contributed by atoms with van der Waals surface area (Å²) in [5.74, 6) is -1.27. The van der Waals surface area contributed by atoms with Crippen molar-refractivity contribution in [2.75, 3.05) is 13.1 Å². The quantitative estimate of drug-likeness (QED) is 0.635. The minimum Gasteiger partial charge on any atom is -0.353 e. The van der Waals surface area contributed by atoms with Crippen LogP contribution in [0.25, 0.3) is 0 Å². The number of ketones is 1. The van der Waals surface area contributed by atoms with Crippen LogP contribution in [0, 0.1) is 5.41 Å². The molecule has 0 saturated carbocycles. The van der Waals surface area contributed by atoms with E-state index in [-0.39, 0.29) is 37.1 Å². The predicted molar refractivity (Wildman–Crippen MR) is 83.9 cm³/mol. The lowest BCUT2D eigenvalue weighted by molar-refractivity contribution is -0.139. The van der Waals surface area contributed by atoms with Gasteiger partial charge in [-0.1, -0.05) is 19.1 Å². The number of Topliss-reactive ketones (excluding diaryl/α,β-unsaturated/α-hetero) is 1. The second-order valence-corrected chi connectivity index (χ2v) is 5.97. The first-order valence-electron chi connectivity index (χ1n) is 7.57. The Morgan fingerprint density at radius 2 is 1.61 bits per heavy atom. The third-order valence-electron chi connectivity index (χ3n) is 4.09. The Morgan fingerprint density at radius 1 is 1.09 bits per heavy atom. The van der Waals surface area contributed by atoms with Gasteiger partial charge in [0.05, 0.1) is 11.1 Å². The normalized spacial score (nSPS) is 14.0. The van der Waals surface area contributed by atoms with Gasteiger partial charge in [0.2, 0.25) is 5.91 Å². The highest BCUT2D eigenvalue weighted by Crippen LogP contribution is 2.22. The Kier molecular flexibility index (Phi) is 4.63. The Bertz CT molecular complexity index is 644. The molecule has 23 heavy (non-hydrogen) atoms. The highest BCUT2D eigenvalue weighted by molar-refractivity contribution is 6.21. The average Bonchev–Trinajstić information content (AvgIpc) is 2.79. The fourth-order valence-corrected chi connectivity index (χ4v) is 2.51. The van der Waals surface area contributed by atoms with Crippen molar-refractivity contribution in [3.8, 4) is 0 Å². The summed E-state index contributed by atoms with van der Waals surface area (Å²) in [6, 6.07) is 6.62. The van der Waals surface area contributed by atoms with E-state index in [1.54, 1.807) is 45.0 Å². The number of nitrogens with one attached hydrogen (secondary N) is 1. The second kappa shape index (κ2) is 6.32. The first kappa shape index (κ1) is 16.9. The molecule has 1 aromatic carbocycles. The fourth-order valence-electron chi connectivity index (χ4n) is 2.51. The molecule has 1 aliphatic rings. The van der Waals surface area contributed by atoms with Crippen LogP contribution in [-0.4, -0.2) is 41.5 Å². The van der Waals surface area contributed by atoms with Crippen LogP contribution in [0.3, 0.4) is 0 Å². The van der Waals surface area contributed by atoms with Crippen molar-refractivity contribution in [2.24, 2.45) is 5.41 Å². The molecule has 0 radical (unpaired) electrons. The molecule has 0 fully saturated rings. The van der Waals surface area contributed by atoms with Crippen molar-refractivity contribution in [2.45, 2.75) is 27.2 Å². The van der Waals surface area contributed by atoms with E-state index in [0.29, 0.717) is 11.1 Å². The summed E-state index contributed by atoms with van der Waals surface area (Å²) in [7, 11) is 0. The Labute approximate surface area is 134 Å². The van der Waals surface area contributed by atoms with Crippen LogP contribution in [0.1, 0.15) is 47.9 Å². The first-order chi connectivity index (χ1) is 10.8. The van der Waals surface area contributed by atoms with Gasteiger partial charge in [-0.25, -0.2) is 0 Å². The zero-order valence-electron chi connectivity index (χ0n) is 13.5. The van der Waals surface area contributed by atoms with Crippen LogP contribution in [0.2, 0.25) is 0 Å². The lowest BCUT2D eigenvalue weighted by Crippen LogP contribution is -2.45. The van der Waals surface area contributed by atoms with Crippen LogP contribution in [0.15, 0.2) is 24.3 Å². The van der Waals surface area contributed by atoms with Gasteiger partial charge >= 0.3 is 0 Å². The van der Waals surface area contributed by atoms with Gasteiger partial charge in [0.15, 0.2) is 0 Å². The maximum atomic E-state index is 12.2. The van der Waals surface area contributed by atoms with E-state index in [0.717, 1.165) is 4.90 Å². The van der Waals surface area contributed by atoms with Gasteiger partial charge in [-0.3, -0.25) is 24.1 Å². The van der Waals surface area contributed by atoms with E-state index in [4.69, 9.17) is 0 Å². The molecule has 0 aliphatic carbocycles. The van der Waals surface area contributed by atoms with Crippen LogP contribution < -0.4 is 5.32 Å². The SMILES string of the molecule is CCC(=O)C(C)(C)C(=O)NCCN1C(=O)c2ccccc2C1=O. The number of rotatable bonds is 6. The van der Waals surface area contributed by atoms with Crippen molar-refractivity contribution in [1.29, 1.82) is 0 Å². The van der Waals surface area contributed by atoms with Crippen molar-refractivity contribution in [1.82, 2.24) is 10.2 Å². The summed E-state index contributed by atoms with van der Waals surface area (Å²) in [4.78, 5) is 49.3. The van der Waals surface area contributed by atoms with Gasteiger partial charge < -0.3 is 5.32 Å². The summed E-state index contributed by atoms with van der Waals surface area (Å²) in [6.45, 7) is 5.03. The lowest BCUT2D eigenvalue weighted by Gasteiger charge is -2.22.